The number of pyridine rings is 1. The number of halogens is 1. The van der Waals surface area contributed by atoms with E-state index in [1.54, 1.807) is 41.4 Å². The highest BCUT2D eigenvalue weighted by Crippen LogP contribution is 2.21. The molecular formula is C24H29ClN4O3. The summed E-state index contributed by atoms with van der Waals surface area (Å²) in [6.45, 7) is 6.65. The molecule has 0 radical (unpaired) electrons. The van der Waals surface area contributed by atoms with Crippen molar-refractivity contribution in [3.63, 3.8) is 0 Å². The molecule has 0 saturated carbocycles. The quantitative estimate of drug-likeness (QED) is 0.693. The third kappa shape index (κ3) is 5.85. The fourth-order valence-corrected chi connectivity index (χ4v) is 3.93. The number of nitrogens with zero attached hydrogens (tertiary/aromatic N) is 2. The average molecular weight is 457 g/mol. The van der Waals surface area contributed by atoms with Gasteiger partial charge in [0.15, 0.2) is 0 Å². The Morgan fingerprint density at radius 3 is 2.38 bits per heavy atom. The molecule has 1 atom stereocenters. The number of rotatable bonds is 6. The Balaban J connectivity index is 1.57. The van der Waals surface area contributed by atoms with Crippen LogP contribution in [-0.4, -0.2) is 46.7 Å². The third-order valence-electron chi connectivity index (χ3n) is 5.68. The number of aromatic nitrogens is 1. The molecule has 2 N–H and O–H groups in total. The van der Waals surface area contributed by atoms with Crippen LogP contribution in [0.4, 0.5) is 5.82 Å². The van der Waals surface area contributed by atoms with Gasteiger partial charge in [-0.15, -0.1) is 0 Å². The van der Waals surface area contributed by atoms with Gasteiger partial charge < -0.3 is 15.5 Å². The minimum absolute atomic E-state index is 0.0825. The van der Waals surface area contributed by atoms with Gasteiger partial charge in [-0.1, -0.05) is 43.6 Å². The summed E-state index contributed by atoms with van der Waals surface area (Å²) in [5.74, 6) is -0.343. The van der Waals surface area contributed by atoms with Crippen LogP contribution in [0.25, 0.3) is 0 Å². The van der Waals surface area contributed by atoms with Crippen LogP contribution in [0.3, 0.4) is 0 Å². The molecule has 1 aliphatic rings. The highest BCUT2D eigenvalue weighted by Gasteiger charge is 2.33. The number of anilines is 1. The van der Waals surface area contributed by atoms with Crippen molar-refractivity contribution in [1.29, 1.82) is 0 Å². The number of amides is 3. The van der Waals surface area contributed by atoms with E-state index in [4.69, 9.17) is 11.6 Å². The first-order chi connectivity index (χ1) is 15.3. The minimum atomic E-state index is -0.666. The number of likely N-dealkylation sites (tertiary alicyclic amines) is 1. The predicted molar refractivity (Wildman–Crippen MR) is 124 cm³/mol. The van der Waals surface area contributed by atoms with Crippen LogP contribution >= 0.6 is 11.6 Å². The summed E-state index contributed by atoms with van der Waals surface area (Å²) in [5.41, 5.74) is 1.36. The summed E-state index contributed by atoms with van der Waals surface area (Å²) >= 11 is 6.12. The lowest BCUT2D eigenvalue weighted by molar-refractivity contribution is -0.137. The molecule has 1 aromatic heterocycles. The molecule has 8 heteroatoms. The molecule has 1 unspecified atom stereocenters. The fraction of sp³-hybridized carbons (Fsp3) is 0.417. The van der Waals surface area contributed by atoms with E-state index in [1.807, 2.05) is 26.8 Å². The first kappa shape index (κ1) is 23.7. The Kier molecular flexibility index (Phi) is 7.85. The molecule has 1 fully saturated rings. The molecule has 170 valence electrons. The number of carbonyl (C=O) groups is 3. The van der Waals surface area contributed by atoms with Crippen molar-refractivity contribution in [3.8, 4) is 0 Å². The number of hydrogen-bond donors (Lipinski definition) is 2. The van der Waals surface area contributed by atoms with Gasteiger partial charge >= 0.3 is 0 Å². The Hall–Kier alpha value is -2.93. The van der Waals surface area contributed by atoms with E-state index in [9.17, 15) is 14.4 Å². The molecule has 32 heavy (non-hydrogen) atoms. The Bertz CT molecular complexity index is 969. The van der Waals surface area contributed by atoms with Gasteiger partial charge in [0.25, 0.3) is 5.91 Å². The van der Waals surface area contributed by atoms with Crippen molar-refractivity contribution in [2.45, 2.75) is 39.7 Å². The molecule has 0 bridgehead atoms. The van der Waals surface area contributed by atoms with Gasteiger partial charge in [-0.05, 0) is 49.4 Å². The predicted octanol–water partition coefficient (Wildman–Crippen LogP) is 3.68. The van der Waals surface area contributed by atoms with Crippen LogP contribution in [0, 0.1) is 18.8 Å². The van der Waals surface area contributed by atoms with Gasteiger partial charge in [0.2, 0.25) is 11.8 Å². The van der Waals surface area contributed by atoms with E-state index in [1.165, 1.54) is 0 Å². The Morgan fingerprint density at radius 2 is 1.78 bits per heavy atom. The largest absolute Gasteiger partial charge is 0.341 e. The first-order valence-corrected chi connectivity index (χ1v) is 11.2. The Morgan fingerprint density at radius 1 is 1.09 bits per heavy atom. The van der Waals surface area contributed by atoms with Gasteiger partial charge in [-0.25, -0.2) is 4.98 Å². The molecule has 0 aliphatic carbocycles. The van der Waals surface area contributed by atoms with Crippen molar-refractivity contribution in [2.24, 2.45) is 11.8 Å². The lowest BCUT2D eigenvalue weighted by atomic mass is 9.94. The molecule has 7 nitrogen and oxygen atoms in total. The zero-order valence-electron chi connectivity index (χ0n) is 18.6. The van der Waals surface area contributed by atoms with Crippen molar-refractivity contribution >= 4 is 35.1 Å². The minimum Gasteiger partial charge on any atom is -0.341 e. The molecule has 3 rings (SSSR count). The van der Waals surface area contributed by atoms with Crippen LogP contribution in [0.5, 0.6) is 0 Å². The third-order valence-corrected chi connectivity index (χ3v) is 6.01. The fourth-order valence-electron chi connectivity index (χ4n) is 3.71. The molecule has 3 amide bonds. The summed E-state index contributed by atoms with van der Waals surface area (Å²) in [6, 6.07) is 9.76. The lowest BCUT2D eigenvalue weighted by Gasteiger charge is -2.35. The zero-order chi connectivity index (χ0) is 23.3. The summed E-state index contributed by atoms with van der Waals surface area (Å²) in [6.07, 6.45) is 2.83. The van der Waals surface area contributed by atoms with Crippen LogP contribution in [-0.2, 0) is 9.59 Å². The molecular weight excluding hydrogens is 428 g/mol. The summed E-state index contributed by atoms with van der Waals surface area (Å²) in [4.78, 5) is 44.4. The average Bonchev–Trinajstić information content (AvgIpc) is 2.78. The maximum absolute atomic E-state index is 13.2. The molecule has 0 spiro atoms. The SMILES string of the molecule is Cc1ccc(NC(=O)C2CCN(C(=O)C(NC(=O)c3ccccc3Cl)C(C)C)CC2)nc1. The highest BCUT2D eigenvalue weighted by molar-refractivity contribution is 6.33. The van der Waals surface area contributed by atoms with Gasteiger partial charge in [0, 0.05) is 25.2 Å². The molecule has 1 saturated heterocycles. The first-order valence-electron chi connectivity index (χ1n) is 10.8. The van der Waals surface area contributed by atoms with E-state index in [2.05, 4.69) is 15.6 Å². The number of hydrogen-bond acceptors (Lipinski definition) is 4. The van der Waals surface area contributed by atoms with E-state index >= 15 is 0 Å². The summed E-state index contributed by atoms with van der Waals surface area (Å²) < 4.78 is 0. The van der Waals surface area contributed by atoms with E-state index in [-0.39, 0.29) is 29.6 Å². The van der Waals surface area contributed by atoms with E-state index in [0.29, 0.717) is 42.3 Å². The number of benzene rings is 1. The highest BCUT2D eigenvalue weighted by atomic mass is 35.5. The number of aryl methyl sites for hydroxylation is 1. The Labute approximate surface area is 193 Å². The van der Waals surface area contributed by atoms with Crippen molar-refractivity contribution in [1.82, 2.24) is 15.2 Å². The van der Waals surface area contributed by atoms with Gasteiger partial charge in [-0.2, -0.15) is 0 Å². The second kappa shape index (κ2) is 10.6. The smallest absolute Gasteiger partial charge is 0.253 e. The summed E-state index contributed by atoms with van der Waals surface area (Å²) in [7, 11) is 0. The normalized spacial score (nSPS) is 15.3. The standard InChI is InChI=1S/C24H29ClN4O3/c1-15(2)21(28-23(31)18-6-4-5-7-19(18)25)24(32)29-12-10-17(11-13-29)22(30)27-20-9-8-16(3)14-26-20/h4-9,14-15,17,21H,10-13H2,1-3H3,(H,28,31)(H,26,27,30). The van der Waals surface area contributed by atoms with Crippen molar-refractivity contribution in [3.05, 3.63) is 58.7 Å². The van der Waals surface area contributed by atoms with E-state index in [0.717, 1.165) is 5.56 Å². The van der Waals surface area contributed by atoms with Gasteiger partial charge in [-0.3, -0.25) is 14.4 Å². The maximum atomic E-state index is 13.2. The maximum Gasteiger partial charge on any atom is 0.253 e. The van der Waals surface area contributed by atoms with Crippen LogP contribution in [0.15, 0.2) is 42.6 Å². The second-order valence-electron chi connectivity index (χ2n) is 8.48. The monoisotopic (exact) mass is 456 g/mol. The topological polar surface area (TPSA) is 91.4 Å². The molecule has 2 heterocycles. The van der Waals surface area contributed by atoms with Gasteiger partial charge in [0.1, 0.15) is 11.9 Å². The van der Waals surface area contributed by atoms with Crippen molar-refractivity contribution in [2.75, 3.05) is 18.4 Å². The zero-order valence-corrected chi connectivity index (χ0v) is 19.4. The number of nitrogens with one attached hydrogen (secondary N) is 2. The van der Waals surface area contributed by atoms with Crippen LogP contribution in [0.1, 0.15) is 42.6 Å². The summed E-state index contributed by atoms with van der Waals surface area (Å²) in [5, 5.41) is 6.03. The number of carbonyl (C=O) groups excluding carboxylic acids is 3. The molecule has 1 aliphatic heterocycles. The molecule has 2 aromatic rings. The number of piperidine rings is 1. The molecule has 1 aromatic carbocycles. The van der Waals surface area contributed by atoms with Crippen molar-refractivity contribution < 1.29 is 14.4 Å². The van der Waals surface area contributed by atoms with E-state index < -0.39 is 6.04 Å². The lowest BCUT2D eigenvalue weighted by Crippen LogP contribution is -2.53. The van der Waals surface area contributed by atoms with Gasteiger partial charge in [0.05, 0.1) is 10.6 Å². The van der Waals surface area contributed by atoms with Crippen LogP contribution < -0.4 is 10.6 Å². The van der Waals surface area contributed by atoms with Crippen LogP contribution in [0.2, 0.25) is 5.02 Å². The second-order valence-corrected chi connectivity index (χ2v) is 8.89.